The fourth-order valence-electron chi connectivity index (χ4n) is 4.17. The van der Waals surface area contributed by atoms with Crippen molar-refractivity contribution in [1.82, 2.24) is 20.6 Å². The van der Waals surface area contributed by atoms with Crippen molar-refractivity contribution in [3.63, 3.8) is 0 Å². The van der Waals surface area contributed by atoms with Gasteiger partial charge >= 0.3 is 6.36 Å². The first-order chi connectivity index (χ1) is 16.7. The second-order valence-electron chi connectivity index (χ2n) is 8.33. The molecule has 12 heteroatoms. The fraction of sp³-hybridized carbons (Fsp3) is 0.478. The minimum absolute atomic E-state index is 0.0340. The van der Waals surface area contributed by atoms with Gasteiger partial charge in [-0.3, -0.25) is 19.7 Å². The van der Waals surface area contributed by atoms with E-state index >= 15 is 0 Å². The van der Waals surface area contributed by atoms with Gasteiger partial charge in [-0.05, 0) is 55.3 Å². The Labute approximate surface area is 200 Å². The summed E-state index contributed by atoms with van der Waals surface area (Å²) in [4.78, 5) is 28.8. The number of carbonyl (C=O) groups excluding carboxylic acids is 2. The molecule has 0 spiro atoms. The molecular weight excluding hydrogens is 469 g/mol. The van der Waals surface area contributed by atoms with Gasteiger partial charge in [-0.25, -0.2) is 5.48 Å². The molecule has 1 aromatic carbocycles. The first-order valence-electron chi connectivity index (χ1n) is 11.3. The highest BCUT2D eigenvalue weighted by Gasteiger charge is 2.36. The number of aryl methyl sites for hydroxylation is 1. The molecule has 2 aliphatic heterocycles. The van der Waals surface area contributed by atoms with Crippen LogP contribution in [0.2, 0.25) is 0 Å². The number of allylic oxidation sites excluding steroid dienone is 2. The van der Waals surface area contributed by atoms with E-state index in [2.05, 4.69) is 15.0 Å². The number of alkyl halides is 3. The van der Waals surface area contributed by atoms with Crippen LogP contribution in [-0.2, 0) is 16.0 Å². The van der Waals surface area contributed by atoms with E-state index in [0.29, 0.717) is 44.6 Å². The number of ether oxygens (including phenoxy) is 1. The Morgan fingerprint density at radius 1 is 1.14 bits per heavy atom. The summed E-state index contributed by atoms with van der Waals surface area (Å²) in [5.74, 6) is -2.86. The number of nitrogens with one attached hydrogen (secondary N) is 2. The topological polar surface area (TPSA) is 114 Å². The molecule has 2 heterocycles. The average Bonchev–Trinajstić information content (AvgIpc) is 2.86. The summed E-state index contributed by atoms with van der Waals surface area (Å²) >= 11 is 0. The Hall–Kier alpha value is -3.09. The zero-order chi connectivity index (χ0) is 25.4. The van der Waals surface area contributed by atoms with Crippen molar-refractivity contribution < 1.29 is 37.8 Å². The number of aliphatic hydroxyl groups is 1. The van der Waals surface area contributed by atoms with Crippen molar-refractivity contribution >= 4 is 11.8 Å². The highest BCUT2D eigenvalue weighted by atomic mass is 19.4. The highest BCUT2D eigenvalue weighted by molar-refractivity contribution is 5.88. The molecule has 1 aromatic rings. The number of benzene rings is 1. The Kier molecular flexibility index (Phi) is 9.13. The summed E-state index contributed by atoms with van der Waals surface area (Å²) < 4.78 is 40.8. The lowest BCUT2D eigenvalue weighted by atomic mass is 9.92. The fourth-order valence-corrected chi connectivity index (χ4v) is 4.17. The van der Waals surface area contributed by atoms with Crippen molar-refractivity contribution in [3.8, 4) is 5.75 Å². The normalized spacial score (nSPS) is 20.1. The summed E-state index contributed by atoms with van der Waals surface area (Å²) in [5.41, 5.74) is 2.10. The lowest BCUT2D eigenvalue weighted by Crippen LogP contribution is -2.57. The summed E-state index contributed by atoms with van der Waals surface area (Å²) in [6.45, 7) is 2.03. The number of piperazine rings is 1. The maximum atomic E-state index is 13.2. The predicted octanol–water partition coefficient (Wildman–Crippen LogP) is 1.53. The van der Waals surface area contributed by atoms with Gasteiger partial charge in [-0.2, -0.15) is 0 Å². The van der Waals surface area contributed by atoms with Crippen LogP contribution in [0.1, 0.15) is 18.4 Å². The molecule has 9 nitrogen and oxygen atoms in total. The summed E-state index contributed by atoms with van der Waals surface area (Å²) in [6.07, 6.45) is 2.15. The molecule has 0 aromatic heterocycles. The van der Waals surface area contributed by atoms with E-state index in [0.717, 1.165) is 0 Å². The Morgan fingerprint density at radius 3 is 2.40 bits per heavy atom. The molecule has 1 saturated heterocycles. The van der Waals surface area contributed by atoms with E-state index in [-0.39, 0.29) is 24.2 Å². The average molecular weight is 499 g/mol. The van der Waals surface area contributed by atoms with Crippen molar-refractivity contribution in [2.24, 2.45) is 5.92 Å². The van der Waals surface area contributed by atoms with Crippen molar-refractivity contribution in [1.29, 1.82) is 0 Å². The standard InChI is InChI=1S/C23H29F3N4O5/c24-23(25,26)35-17-9-7-16(8-10-17)4-3-5-18(20(31)21(32)28-34)22(33)30-14-12-29(13-15-30)19-6-1-2-11-27-19/h1-2,6-11,18-20,27,31,34H,3-5,12-15H2,(H,28,32)/t18-,19?,20+/m1/s1. The number of hydrogen-bond acceptors (Lipinski definition) is 7. The van der Waals surface area contributed by atoms with Crippen molar-refractivity contribution in [2.75, 3.05) is 26.2 Å². The Morgan fingerprint density at radius 2 is 1.83 bits per heavy atom. The molecule has 2 aliphatic rings. The van der Waals surface area contributed by atoms with Gasteiger partial charge in [0.2, 0.25) is 5.91 Å². The zero-order valence-electron chi connectivity index (χ0n) is 18.9. The van der Waals surface area contributed by atoms with Crippen LogP contribution in [0.5, 0.6) is 5.75 Å². The van der Waals surface area contributed by atoms with E-state index < -0.39 is 24.3 Å². The number of amides is 2. The molecular formula is C23H29F3N4O5. The van der Waals surface area contributed by atoms with Gasteiger partial charge in [-0.1, -0.05) is 18.2 Å². The third-order valence-electron chi connectivity index (χ3n) is 6.00. The third-order valence-corrected chi connectivity index (χ3v) is 6.00. The monoisotopic (exact) mass is 498 g/mol. The Bertz CT molecular complexity index is 915. The lowest BCUT2D eigenvalue weighted by Gasteiger charge is -2.40. The molecule has 0 radical (unpaired) electrons. The van der Waals surface area contributed by atoms with Gasteiger partial charge in [0, 0.05) is 26.2 Å². The molecule has 0 aliphatic carbocycles. The van der Waals surface area contributed by atoms with Crippen LogP contribution in [0.25, 0.3) is 0 Å². The van der Waals surface area contributed by atoms with E-state index in [1.165, 1.54) is 29.7 Å². The van der Waals surface area contributed by atoms with Gasteiger partial charge in [0.25, 0.3) is 5.91 Å². The Balaban J connectivity index is 1.56. The van der Waals surface area contributed by atoms with Crippen molar-refractivity contribution in [2.45, 2.75) is 37.9 Å². The number of nitrogens with zero attached hydrogens (tertiary/aromatic N) is 2. The van der Waals surface area contributed by atoms with Crippen LogP contribution in [0.4, 0.5) is 13.2 Å². The minimum Gasteiger partial charge on any atom is -0.406 e. The number of rotatable bonds is 9. The number of hydrogen-bond donors (Lipinski definition) is 4. The SMILES string of the molecule is O=C(NO)[C@@H](O)[C@@H](CCCc1ccc(OC(F)(F)F)cc1)C(=O)N1CCN(C2C=CC=CN2)CC1. The maximum absolute atomic E-state index is 13.2. The van der Waals surface area contributed by atoms with Gasteiger partial charge in [-0.15, -0.1) is 13.2 Å². The second kappa shape index (κ2) is 12.0. The highest BCUT2D eigenvalue weighted by Crippen LogP contribution is 2.24. The van der Waals surface area contributed by atoms with E-state index in [9.17, 15) is 27.9 Å². The molecule has 35 heavy (non-hydrogen) atoms. The first-order valence-corrected chi connectivity index (χ1v) is 11.3. The van der Waals surface area contributed by atoms with Gasteiger partial charge < -0.3 is 20.1 Å². The van der Waals surface area contributed by atoms with Crippen LogP contribution in [-0.4, -0.2) is 76.7 Å². The van der Waals surface area contributed by atoms with E-state index in [1.807, 2.05) is 24.4 Å². The third kappa shape index (κ3) is 7.70. The molecule has 192 valence electrons. The van der Waals surface area contributed by atoms with Crippen LogP contribution in [0.3, 0.4) is 0 Å². The van der Waals surface area contributed by atoms with E-state index in [1.54, 1.807) is 4.90 Å². The largest absolute Gasteiger partial charge is 0.573 e. The number of hydroxylamine groups is 1. The molecule has 3 rings (SSSR count). The van der Waals surface area contributed by atoms with Crippen LogP contribution >= 0.6 is 0 Å². The summed E-state index contributed by atoms with van der Waals surface area (Å²) in [6, 6.07) is 5.37. The molecule has 1 fully saturated rings. The second-order valence-corrected chi connectivity index (χ2v) is 8.33. The quantitative estimate of drug-likeness (QED) is 0.302. The number of halogens is 3. The molecule has 2 amide bonds. The van der Waals surface area contributed by atoms with Crippen LogP contribution in [0, 0.1) is 5.92 Å². The number of aliphatic hydroxyl groups excluding tert-OH is 1. The first kappa shape index (κ1) is 26.5. The molecule has 0 saturated carbocycles. The minimum atomic E-state index is -4.77. The van der Waals surface area contributed by atoms with Crippen LogP contribution < -0.4 is 15.5 Å². The molecule has 3 atom stereocenters. The lowest BCUT2D eigenvalue weighted by molar-refractivity contribution is -0.274. The number of dihydropyridines is 1. The molecule has 4 N–H and O–H groups in total. The predicted molar refractivity (Wildman–Crippen MR) is 119 cm³/mol. The van der Waals surface area contributed by atoms with Gasteiger partial charge in [0.15, 0.2) is 0 Å². The molecule has 0 bridgehead atoms. The summed E-state index contributed by atoms with van der Waals surface area (Å²) in [5, 5.41) is 22.6. The molecule has 1 unspecified atom stereocenters. The van der Waals surface area contributed by atoms with E-state index in [4.69, 9.17) is 5.21 Å². The zero-order valence-corrected chi connectivity index (χ0v) is 18.9. The summed E-state index contributed by atoms with van der Waals surface area (Å²) in [7, 11) is 0. The maximum Gasteiger partial charge on any atom is 0.573 e. The van der Waals surface area contributed by atoms with Crippen LogP contribution in [0.15, 0.2) is 48.7 Å². The number of carbonyl (C=O) groups is 2. The van der Waals surface area contributed by atoms with Gasteiger partial charge in [0.05, 0.1) is 12.1 Å². The smallest absolute Gasteiger partial charge is 0.406 e. The van der Waals surface area contributed by atoms with Crippen molar-refractivity contribution in [3.05, 3.63) is 54.3 Å². The van der Waals surface area contributed by atoms with Gasteiger partial charge in [0.1, 0.15) is 11.9 Å².